The number of fused-ring (bicyclic) bond motifs is 1. The Morgan fingerprint density at radius 1 is 1.03 bits per heavy atom. The van der Waals surface area contributed by atoms with Gasteiger partial charge in [-0.2, -0.15) is 0 Å². The molecule has 1 aliphatic heterocycles. The van der Waals surface area contributed by atoms with Crippen LogP contribution in [-0.4, -0.2) is 35.6 Å². The van der Waals surface area contributed by atoms with Crippen molar-refractivity contribution in [1.29, 1.82) is 0 Å². The zero-order chi connectivity index (χ0) is 24.4. The number of hydrogen-bond acceptors (Lipinski definition) is 4. The van der Waals surface area contributed by atoms with E-state index in [-0.39, 0.29) is 11.6 Å². The minimum absolute atomic E-state index is 0.0916. The Kier molecular flexibility index (Phi) is 6.63. The topological polar surface area (TPSA) is 46.8 Å². The highest BCUT2D eigenvalue weighted by molar-refractivity contribution is 7.07. The van der Waals surface area contributed by atoms with Gasteiger partial charge >= 0.3 is 0 Å². The van der Waals surface area contributed by atoms with Gasteiger partial charge in [0.05, 0.1) is 12.8 Å². The predicted molar refractivity (Wildman–Crippen MR) is 134 cm³/mol. The van der Waals surface area contributed by atoms with Crippen LogP contribution in [0.4, 0.5) is 14.5 Å². The Morgan fingerprint density at radius 2 is 1.86 bits per heavy atom. The number of carbonyl (C=O) groups excluding carboxylic acids is 1. The number of thiazole rings is 1. The van der Waals surface area contributed by atoms with E-state index in [2.05, 4.69) is 21.7 Å². The lowest BCUT2D eigenvalue weighted by Crippen LogP contribution is -2.27. The van der Waals surface area contributed by atoms with Crippen LogP contribution in [-0.2, 0) is 11.3 Å². The van der Waals surface area contributed by atoms with E-state index in [1.807, 2.05) is 34.5 Å². The van der Waals surface area contributed by atoms with Crippen molar-refractivity contribution >= 4 is 33.7 Å². The molecule has 5 rings (SSSR count). The molecule has 1 saturated heterocycles. The monoisotopic (exact) mass is 493 g/mol. The summed E-state index contributed by atoms with van der Waals surface area (Å²) in [6.07, 6.45) is 2.27. The Bertz CT molecular complexity index is 1460. The Labute approximate surface area is 205 Å². The predicted octanol–water partition coefficient (Wildman–Crippen LogP) is 5.90. The number of rotatable bonds is 7. The lowest BCUT2D eigenvalue weighted by molar-refractivity contribution is -0.127. The molecule has 1 fully saturated rings. The molecule has 0 radical (unpaired) electrons. The van der Waals surface area contributed by atoms with Gasteiger partial charge in [0, 0.05) is 37.5 Å². The fourth-order valence-electron chi connectivity index (χ4n) is 4.41. The zero-order valence-corrected chi connectivity index (χ0v) is 20.2. The molecule has 0 N–H and O–H groups in total. The van der Waals surface area contributed by atoms with Crippen molar-refractivity contribution in [2.24, 2.45) is 4.99 Å². The number of aromatic nitrogens is 1. The number of nitrogens with zero attached hydrogens (tertiary/aromatic N) is 3. The van der Waals surface area contributed by atoms with Gasteiger partial charge in [0.2, 0.25) is 5.91 Å². The summed E-state index contributed by atoms with van der Waals surface area (Å²) in [4.78, 5) is 19.1. The molecule has 0 unspecified atom stereocenters. The maximum Gasteiger partial charge on any atom is 0.222 e. The summed E-state index contributed by atoms with van der Waals surface area (Å²) in [5, 5.41) is 4.15. The second kappa shape index (κ2) is 10.00. The van der Waals surface area contributed by atoms with Crippen LogP contribution >= 0.6 is 11.3 Å². The zero-order valence-electron chi connectivity index (χ0n) is 19.3. The van der Waals surface area contributed by atoms with Crippen molar-refractivity contribution in [2.75, 3.05) is 20.2 Å². The summed E-state index contributed by atoms with van der Waals surface area (Å²) in [5.74, 6) is -0.336. The molecule has 2 heterocycles. The van der Waals surface area contributed by atoms with Crippen LogP contribution in [0.2, 0.25) is 0 Å². The third-order valence-corrected chi connectivity index (χ3v) is 7.11. The number of likely N-dealkylation sites (tertiary alicyclic amines) is 1. The first-order valence-corrected chi connectivity index (χ1v) is 12.4. The van der Waals surface area contributed by atoms with Crippen molar-refractivity contribution in [1.82, 2.24) is 9.47 Å². The second-order valence-corrected chi connectivity index (χ2v) is 9.36. The molecule has 0 aliphatic carbocycles. The van der Waals surface area contributed by atoms with Crippen LogP contribution < -0.4 is 9.54 Å². The quantitative estimate of drug-likeness (QED) is 0.322. The second-order valence-electron chi connectivity index (χ2n) is 8.53. The van der Waals surface area contributed by atoms with Gasteiger partial charge in [0.1, 0.15) is 17.3 Å². The maximum absolute atomic E-state index is 14.3. The molecule has 8 heteroatoms. The number of methoxy groups -OCH3 is 1. The summed E-state index contributed by atoms with van der Waals surface area (Å²) in [7, 11) is 1.65. The standard InChI is InChI=1S/C27H25F2N3O2S/c1-34-22-9-7-18-14-20(6-5-19(18)15-22)25-17-35-27(30-24-10-8-21(28)16-23(24)29)32(25)13-3-12-31-11-2-4-26(31)33/h5-10,14-17H,2-4,11-13H2,1H3. The summed E-state index contributed by atoms with van der Waals surface area (Å²) >= 11 is 1.41. The fraction of sp³-hybridized carbons (Fsp3) is 0.259. The summed E-state index contributed by atoms with van der Waals surface area (Å²) < 4.78 is 35.1. The Balaban J connectivity index is 1.53. The fourth-order valence-corrected chi connectivity index (χ4v) is 5.36. The van der Waals surface area contributed by atoms with Crippen LogP contribution in [0.1, 0.15) is 19.3 Å². The minimum Gasteiger partial charge on any atom is -0.497 e. The molecule has 1 aromatic heterocycles. The maximum atomic E-state index is 14.3. The smallest absolute Gasteiger partial charge is 0.222 e. The van der Waals surface area contributed by atoms with E-state index in [9.17, 15) is 13.6 Å². The van der Waals surface area contributed by atoms with Gasteiger partial charge in [-0.3, -0.25) is 4.79 Å². The normalized spacial score (nSPS) is 14.3. The van der Waals surface area contributed by atoms with Gasteiger partial charge in [-0.15, -0.1) is 11.3 Å². The highest BCUT2D eigenvalue weighted by atomic mass is 32.1. The van der Waals surface area contributed by atoms with Gasteiger partial charge in [0.25, 0.3) is 0 Å². The van der Waals surface area contributed by atoms with Crippen molar-refractivity contribution in [2.45, 2.75) is 25.8 Å². The van der Waals surface area contributed by atoms with E-state index in [0.29, 0.717) is 24.3 Å². The van der Waals surface area contributed by atoms with Gasteiger partial charge in [0.15, 0.2) is 10.6 Å². The van der Waals surface area contributed by atoms with Crippen LogP contribution in [0, 0.1) is 11.6 Å². The largest absolute Gasteiger partial charge is 0.497 e. The number of benzene rings is 3. The SMILES string of the molecule is COc1ccc2cc(-c3csc(=Nc4ccc(F)cc4F)n3CCCN3CCCC3=O)ccc2c1. The Hall–Kier alpha value is -3.52. The number of carbonyl (C=O) groups is 1. The Morgan fingerprint density at radius 3 is 2.63 bits per heavy atom. The van der Waals surface area contributed by atoms with E-state index in [4.69, 9.17) is 4.74 Å². The lowest BCUT2D eigenvalue weighted by atomic mass is 10.0. The highest BCUT2D eigenvalue weighted by Gasteiger charge is 2.19. The number of amides is 1. The van der Waals surface area contributed by atoms with Crippen LogP contribution in [0.25, 0.3) is 22.0 Å². The van der Waals surface area contributed by atoms with E-state index >= 15 is 0 Å². The molecule has 5 nitrogen and oxygen atoms in total. The van der Waals surface area contributed by atoms with Crippen LogP contribution in [0.5, 0.6) is 5.75 Å². The third-order valence-electron chi connectivity index (χ3n) is 6.25. The summed E-state index contributed by atoms with van der Waals surface area (Å²) in [6, 6.07) is 15.5. The lowest BCUT2D eigenvalue weighted by Gasteiger charge is -2.16. The summed E-state index contributed by atoms with van der Waals surface area (Å²) in [6.45, 7) is 2.08. The van der Waals surface area contributed by atoms with E-state index in [1.54, 1.807) is 7.11 Å². The van der Waals surface area contributed by atoms with E-state index in [0.717, 1.165) is 53.2 Å². The molecule has 4 aromatic rings. The first kappa shape index (κ1) is 23.2. The molecular weight excluding hydrogens is 468 g/mol. The first-order valence-electron chi connectivity index (χ1n) is 11.6. The van der Waals surface area contributed by atoms with E-state index < -0.39 is 11.6 Å². The third kappa shape index (κ3) is 4.98. The van der Waals surface area contributed by atoms with Gasteiger partial charge in [-0.25, -0.2) is 13.8 Å². The van der Waals surface area contributed by atoms with E-state index in [1.165, 1.54) is 23.5 Å². The highest BCUT2D eigenvalue weighted by Crippen LogP contribution is 2.28. The first-order chi connectivity index (χ1) is 17.0. The molecule has 1 aliphatic rings. The van der Waals surface area contributed by atoms with Crippen LogP contribution in [0.15, 0.2) is 65.0 Å². The van der Waals surface area contributed by atoms with Crippen molar-refractivity contribution in [3.05, 3.63) is 76.4 Å². The van der Waals surface area contributed by atoms with Gasteiger partial charge < -0.3 is 14.2 Å². The van der Waals surface area contributed by atoms with Crippen molar-refractivity contribution < 1.29 is 18.3 Å². The average molecular weight is 494 g/mol. The molecule has 0 atom stereocenters. The number of hydrogen-bond donors (Lipinski definition) is 0. The number of halogens is 2. The molecule has 1 amide bonds. The molecule has 0 spiro atoms. The molecular formula is C27H25F2N3O2S. The van der Waals surface area contributed by atoms with Gasteiger partial charge in [-0.1, -0.05) is 18.2 Å². The summed E-state index contributed by atoms with van der Waals surface area (Å²) in [5.41, 5.74) is 2.06. The average Bonchev–Trinajstić information content (AvgIpc) is 3.46. The van der Waals surface area contributed by atoms with Crippen molar-refractivity contribution in [3.63, 3.8) is 0 Å². The van der Waals surface area contributed by atoms with Crippen molar-refractivity contribution in [3.8, 4) is 17.0 Å². The minimum atomic E-state index is -0.700. The molecule has 0 bridgehead atoms. The molecule has 3 aromatic carbocycles. The van der Waals surface area contributed by atoms with Crippen LogP contribution in [0.3, 0.4) is 0 Å². The molecule has 35 heavy (non-hydrogen) atoms. The molecule has 180 valence electrons. The number of ether oxygens (including phenoxy) is 1. The van der Waals surface area contributed by atoms with Gasteiger partial charge in [-0.05, 0) is 59.5 Å². The molecule has 0 saturated carbocycles.